The molecular formula is C19H23N5. The Kier molecular flexibility index (Phi) is 5.01. The summed E-state index contributed by atoms with van der Waals surface area (Å²) in [6.07, 6.45) is 0. The molecule has 0 aliphatic heterocycles. The lowest BCUT2D eigenvalue weighted by Gasteiger charge is -2.17. The fourth-order valence-electron chi connectivity index (χ4n) is 2.52. The fraction of sp³-hybridized carbons (Fsp3) is 0.316. The number of H-pyrrole nitrogens is 1. The third-order valence-corrected chi connectivity index (χ3v) is 4.41. The van der Waals surface area contributed by atoms with Crippen LogP contribution in [0.4, 0.5) is 0 Å². The van der Waals surface area contributed by atoms with Crippen molar-refractivity contribution in [1.82, 2.24) is 25.9 Å². The molecule has 3 aromatic rings. The van der Waals surface area contributed by atoms with Gasteiger partial charge in [-0.3, -0.25) is 0 Å². The van der Waals surface area contributed by atoms with Crippen molar-refractivity contribution in [3.63, 3.8) is 0 Å². The van der Waals surface area contributed by atoms with Crippen molar-refractivity contribution < 1.29 is 0 Å². The van der Waals surface area contributed by atoms with Crippen molar-refractivity contribution in [3.05, 3.63) is 54.1 Å². The van der Waals surface area contributed by atoms with Crippen molar-refractivity contribution in [2.75, 3.05) is 0 Å². The van der Waals surface area contributed by atoms with Crippen molar-refractivity contribution >= 4 is 0 Å². The largest absolute Gasteiger partial charge is 0.310 e. The Morgan fingerprint density at radius 3 is 2.29 bits per heavy atom. The van der Waals surface area contributed by atoms with E-state index >= 15 is 0 Å². The highest BCUT2D eigenvalue weighted by atomic mass is 15.5. The van der Waals surface area contributed by atoms with E-state index in [2.05, 4.69) is 77.0 Å². The zero-order valence-corrected chi connectivity index (χ0v) is 14.3. The van der Waals surface area contributed by atoms with Gasteiger partial charge in [-0.1, -0.05) is 62.4 Å². The maximum absolute atomic E-state index is 4.10. The molecule has 2 aromatic carbocycles. The van der Waals surface area contributed by atoms with E-state index in [-0.39, 0.29) is 0 Å². The molecule has 0 aliphatic rings. The van der Waals surface area contributed by atoms with E-state index in [1.807, 2.05) is 18.2 Å². The third kappa shape index (κ3) is 3.68. The van der Waals surface area contributed by atoms with Crippen LogP contribution in [-0.2, 0) is 6.54 Å². The average molecular weight is 321 g/mol. The molecule has 0 radical (unpaired) electrons. The Hall–Kier alpha value is -2.53. The monoisotopic (exact) mass is 321 g/mol. The average Bonchev–Trinajstić information content (AvgIpc) is 3.14. The molecule has 0 bridgehead atoms. The lowest BCUT2D eigenvalue weighted by molar-refractivity contribution is 0.426. The van der Waals surface area contributed by atoms with Crippen molar-refractivity contribution in [3.8, 4) is 22.5 Å². The number of nitrogens with zero attached hydrogens (tertiary/aromatic N) is 3. The van der Waals surface area contributed by atoms with Crippen molar-refractivity contribution in [1.29, 1.82) is 0 Å². The first kappa shape index (κ1) is 16.3. The summed E-state index contributed by atoms with van der Waals surface area (Å²) in [6.45, 7) is 7.57. The van der Waals surface area contributed by atoms with Crippen LogP contribution < -0.4 is 5.32 Å². The van der Waals surface area contributed by atoms with Crippen LogP contribution in [0.15, 0.2) is 48.5 Å². The molecule has 1 heterocycles. The first-order valence-electron chi connectivity index (χ1n) is 8.30. The maximum Gasteiger partial charge on any atom is 0.205 e. The van der Waals surface area contributed by atoms with Crippen LogP contribution in [-0.4, -0.2) is 26.7 Å². The molecule has 0 spiro atoms. The molecule has 0 saturated heterocycles. The second-order valence-electron chi connectivity index (χ2n) is 6.39. The molecule has 3 rings (SSSR count). The first-order chi connectivity index (χ1) is 11.6. The van der Waals surface area contributed by atoms with Crippen LogP contribution in [0.5, 0.6) is 0 Å². The third-order valence-electron chi connectivity index (χ3n) is 4.41. The molecular weight excluding hydrogens is 298 g/mol. The Morgan fingerprint density at radius 2 is 1.67 bits per heavy atom. The van der Waals surface area contributed by atoms with Gasteiger partial charge >= 0.3 is 0 Å². The zero-order chi connectivity index (χ0) is 16.9. The van der Waals surface area contributed by atoms with Crippen LogP contribution in [0.3, 0.4) is 0 Å². The van der Waals surface area contributed by atoms with Gasteiger partial charge in [0.2, 0.25) is 5.82 Å². The summed E-state index contributed by atoms with van der Waals surface area (Å²) >= 11 is 0. The molecule has 1 atom stereocenters. The molecule has 24 heavy (non-hydrogen) atoms. The Labute approximate surface area is 142 Å². The summed E-state index contributed by atoms with van der Waals surface area (Å²) in [5, 5.41) is 17.9. The van der Waals surface area contributed by atoms with E-state index in [9.17, 15) is 0 Å². The van der Waals surface area contributed by atoms with Gasteiger partial charge in [0.1, 0.15) is 0 Å². The molecule has 2 N–H and O–H groups in total. The summed E-state index contributed by atoms with van der Waals surface area (Å²) in [4.78, 5) is 0. The van der Waals surface area contributed by atoms with Gasteiger partial charge in [0, 0.05) is 18.2 Å². The molecule has 0 aliphatic carbocycles. The smallest absolute Gasteiger partial charge is 0.205 e. The molecule has 5 heteroatoms. The maximum atomic E-state index is 4.10. The zero-order valence-electron chi connectivity index (χ0n) is 14.3. The highest BCUT2D eigenvalue weighted by molar-refractivity contribution is 5.80. The highest BCUT2D eigenvalue weighted by Crippen LogP contribution is 2.29. The minimum absolute atomic E-state index is 0.503. The van der Waals surface area contributed by atoms with Crippen LogP contribution in [0.2, 0.25) is 0 Å². The SMILES string of the molecule is CC(C)C(C)NCc1ccc(-c2ccccc2-c2nn[nH]n2)cc1. The van der Waals surface area contributed by atoms with E-state index < -0.39 is 0 Å². The minimum Gasteiger partial charge on any atom is -0.310 e. The van der Waals surface area contributed by atoms with E-state index in [0.717, 1.165) is 23.2 Å². The number of rotatable bonds is 6. The van der Waals surface area contributed by atoms with Gasteiger partial charge in [-0.2, -0.15) is 5.21 Å². The normalized spacial score (nSPS) is 12.5. The van der Waals surface area contributed by atoms with Crippen LogP contribution >= 0.6 is 0 Å². The van der Waals surface area contributed by atoms with Crippen molar-refractivity contribution in [2.24, 2.45) is 5.92 Å². The number of benzene rings is 2. The molecule has 0 saturated carbocycles. The second-order valence-corrected chi connectivity index (χ2v) is 6.39. The number of nitrogens with one attached hydrogen (secondary N) is 2. The van der Waals surface area contributed by atoms with Crippen molar-refractivity contribution in [2.45, 2.75) is 33.4 Å². The Morgan fingerprint density at radius 1 is 0.958 bits per heavy atom. The Bertz CT molecular complexity index is 763. The van der Waals surface area contributed by atoms with Gasteiger partial charge in [-0.05, 0) is 34.7 Å². The molecule has 5 nitrogen and oxygen atoms in total. The van der Waals surface area contributed by atoms with Crippen LogP contribution in [0.1, 0.15) is 26.3 Å². The predicted molar refractivity (Wildman–Crippen MR) is 96.2 cm³/mol. The second kappa shape index (κ2) is 7.36. The minimum atomic E-state index is 0.503. The topological polar surface area (TPSA) is 66.5 Å². The number of tetrazole rings is 1. The first-order valence-corrected chi connectivity index (χ1v) is 8.30. The van der Waals surface area contributed by atoms with E-state index in [1.54, 1.807) is 0 Å². The van der Waals surface area contributed by atoms with Gasteiger partial charge < -0.3 is 5.32 Å². The quantitative estimate of drug-likeness (QED) is 0.727. The predicted octanol–water partition coefficient (Wildman–Crippen LogP) is 3.67. The summed E-state index contributed by atoms with van der Waals surface area (Å²) in [6, 6.07) is 17.2. The summed E-state index contributed by atoms with van der Waals surface area (Å²) in [5.41, 5.74) is 4.51. The molecule has 0 fully saturated rings. The van der Waals surface area contributed by atoms with Crippen LogP contribution in [0, 0.1) is 5.92 Å². The van der Waals surface area contributed by atoms with E-state index in [4.69, 9.17) is 0 Å². The summed E-state index contributed by atoms with van der Waals surface area (Å²) in [5.74, 6) is 1.24. The lowest BCUT2D eigenvalue weighted by atomic mass is 9.98. The van der Waals surface area contributed by atoms with Gasteiger partial charge in [-0.25, -0.2) is 0 Å². The number of hydrogen-bond acceptors (Lipinski definition) is 4. The molecule has 0 amide bonds. The number of hydrogen-bond donors (Lipinski definition) is 2. The lowest BCUT2D eigenvalue weighted by Crippen LogP contribution is -2.30. The number of aromatic nitrogens is 4. The number of aromatic amines is 1. The van der Waals surface area contributed by atoms with Gasteiger partial charge in [0.05, 0.1) is 0 Å². The molecule has 1 unspecified atom stereocenters. The fourth-order valence-corrected chi connectivity index (χ4v) is 2.52. The standard InChI is InChI=1S/C19H23N5/c1-13(2)14(3)20-12-15-8-10-16(11-9-15)17-6-4-5-7-18(17)19-21-23-24-22-19/h4-11,13-14,20H,12H2,1-3H3,(H,21,22,23,24). The summed E-state index contributed by atoms with van der Waals surface area (Å²) < 4.78 is 0. The highest BCUT2D eigenvalue weighted by Gasteiger charge is 2.11. The van der Waals surface area contributed by atoms with Gasteiger partial charge in [0.25, 0.3) is 0 Å². The van der Waals surface area contributed by atoms with Gasteiger partial charge in [-0.15, -0.1) is 10.2 Å². The van der Waals surface area contributed by atoms with Gasteiger partial charge in [0.15, 0.2) is 0 Å². The van der Waals surface area contributed by atoms with E-state index in [1.165, 1.54) is 5.56 Å². The Balaban J connectivity index is 1.80. The molecule has 1 aromatic heterocycles. The summed E-state index contributed by atoms with van der Waals surface area (Å²) in [7, 11) is 0. The van der Waals surface area contributed by atoms with E-state index in [0.29, 0.717) is 17.8 Å². The van der Waals surface area contributed by atoms with Crippen LogP contribution in [0.25, 0.3) is 22.5 Å². The molecule has 124 valence electrons.